The Morgan fingerprint density at radius 2 is 1.14 bits per heavy atom. The Labute approximate surface area is 105 Å². The summed E-state index contributed by atoms with van der Waals surface area (Å²) in [5.41, 5.74) is 0. The van der Waals surface area contributed by atoms with Gasteiger partial charge in [-0.05, 0) is 38.1 Å². The predicted octanol–water partition coefficient (Wildman–Crippen LogP) is 4.42. The molecule has 0 bridgehead atoms. The highest BCUT2D eigenvalue weighted by atomic mass is 32.2. The van der Waals surface area contributed by atoms with E-state index < -0.39 is 0 Å². The van der Waals surface area contributed by atoms with Crippen molar-refractivity contribution < 1.29 is 0 Å². The number of thiol groups is 2. The second kappa shape index (κ2) is 6.26. The zero-order valence-corrected chi connectivity index (χ0v) is 11.6. The zero-order chi connectivity index (χ0) is 10.6. The highest BCUT2D eigenvalue weighted by Gasteiger charge is 2.01. The largest absolute Gasteiger partial charge is 0.165 e. The third-order valence-corrected chi connectivity index (χ3v) is 3.84. The third kappa shape index (κ3) is 4.91. The summed E-state index contributed by atoms with van der Waals surface area (Å²) in [4.78, 5) is 2.53. The second-order valence-corrected chi connectivity index (χ2v) is 7.98. The Kier molecular flexibility index (Phi) is 5.67. The molecule has 0 aliphatic carbocycles. The Morgan fingerprint density at radius 3 is 1.36 bits per heavy atom. The summed E-state index contributed by atoms with van der Waals surface area (Å²) in [5, 5.41) is 0. The van der Waals surface area contributed by atoms with E-state index in [0.717, 1.165) is 0 Å². The molecule has 0 heterocycles. The Hall–Kier alpha value is 0.620. The van der Waals surface area contributed by atoms with Gasteiger partial charge in [0.25, 0.3) is 0 Å². The first kappa shape index (κ1) is 12.7. The van der Waals surface area contributed by atoms with Gasteiger partial charge in [-0.3, -0.25) is 0 Å². The van der Waals surface area contributed by atoms with Crippen LogP contribution < -0.4 is 0 Å². The smallest absolute Gasteiger partial charge is 0.0491 e. The normalized spacial score (nSPS) is 15.1. The van der Waals surface area contributed by atoms with Crippen molar-refractivity contribution in [3.8, 4) is 0 Å². The summed E-state index contributed by atoms with van der Waals surface area (Å²) in [6.07, 6.45) is 0. The topological polar surface area (TPSA) is 0 Å². The summed E-state index contributed by atoms with van der Waals surface area (Å²) in [5.74, 6) is 0. The van der Waals surface area contributed by atoms with Gasteiger partial charge in [-0.2, -0.15) is 25.3 Å². The maximum Gasteiger partial charge on any atom is 0.0491 e. The molecule has 0 saturated heterocycles. The first-order valence-corrected chi connectivity index (χ1v) is 7.16. The quantitative estimate of drug-likeness (QED) is 0.468. The number of thioether (sulfide) groups is 2. The molecular weight excluding hydrogens is 248 g/mol. The maximum absolute atomic E-state index is 4.34. The monoisotopic (exact) mass is 262 g/mol. The van der Waals surface area contributed by atoms with E-state index in [1.807, 2.05) is 0 Å². The van der Waals surface area contributed by atoms with Gasteiger partial charge >= 0.3 is 0 Å². The van der Waals surface area contributed by atoms with Crippen LogP contribution >= 0.6 is 48.8 Å². The predicted molar refractivity (Wildman–Crippen MR) is 75.1 cm³/mol. The molecule has 4 heteroatoms. The summed E-state index contributed by atoms with van der Waals surface area (Å²) in [7, 11) is 0. The third-order valence-electron chi connectivity index (χ3n) is 1.44. The molecule has 1 aromatic rings. The number of hydrogen-bond acceptors (Lipinski definition) is 4. The van der Waals surface area contributed by atoms with Crippen LogP contribution in [0.25, 0.3) is 0 Å². The van der Waals surface area contributed by atoms with Crippen molar-refractivity contribution in [2.75, 3.05) is 0 Å². The van der Waals surface area contributed by atoms with Crippen molar-refractivity contribution in [1.82, 2.24) is 0 Å². The van der Waals surface area contributed by atoms with E-state index in [2.05, 4.69) is 63.4 Å². The van der Waals surface area contributed by atoms with Gasteiger partial charge in [0.2, 0.25) is 0 Å². The van der Waals surface area contributed by atoms with Gasteiger partial charge < -0.3 is 0 Å². The molecule has 0 radical (unpaired) electrons. The fraction of sp³-hybridized carbons (Fsp3) is 0.400. The molecule has 0 saturated carbocycles. The van der Waals surface area contributed by atoms with E-state index in [0.29, 0.717) is 9.16 Å². The highest BCUT2D eigenvalue weighted by molar-refractivity contribution is 8.10. The molecule has 0 N–H and O–H groups in total. The first-order chi connectivity index (χ1) is 6.58. The van der Waals surface area contributed by atoms with Gasteiger partial charge in [0.15, 0.2) is 0 Å². The lowest BCUT2D eigenvalue weighted by molar-refractivity contribution is 1.32. The lowest BCUT2D eigenvalue weighted by Gasteiger charge is -2.06. The minimum absolute atomic E-state index is 0.345. The van der Waals surface area contributed by atoms with Crippen molar-refractivity contribution in [1.29, 1.82) is 0 Å². The molecule has 0 aromatic heterocycles. The molecule has 2 atom stereocenters. The van der Waals surface area contributed by atoms with Crippen molar-refractivity contribution in [3.63, 3.8) is 0 Å². The Morgan fingerprint density at radius 1 is 0.857 bits per heavy atom. The molecule has 14 heavy (non-hydrogen) atoms. The molecule has 1 rings (SSSR count). The van der Waals surface area contributed by atoms with Crippen LogP contribution in [-0.2, 0) is 0 Å². The maximum atomic E-state index is 4.34. The van der Waals surface area contributed by atoms with Crippen LogP contribution in [0.4, 0.5) is 0 Å². The van der Waals surface area contributed by atoms with E-state index >= 15 is 0 Å². The zero-order valence-electron chi connectivity index (χ0n) is 8.18. The van der Waals surface area contributed by atoms with E-state index in [-0.39, 0.29) is 0 Å². The molecule has 0 aliphatic rings. The lowest BCUT2D eigenvalue weighted by atomic mass is 10.4. The fourth-order valence-electron chi connectivity index (χ4n) is 0.991. The molecular formula is C10H14S4. The molecule has 0 spiro atoms. The summed E-state index contributed by atoms with van der Waals surface area (Å²) < 4.78 is 0.689. The van der Waals surface area contributed by atoms with Gasteiger partial charge in [-0.1, -0.05) is 0 Å². The number of hydrogen-bond donors (Lipinski definition) is 2. The van der Waals surface area contributed by atoms with Gasteiger partial charge in [-0.25, -0.2) is 0 Å². The van der Waals surface area contributed by atoms with Gasteiger partial charge in [0.05, 0.1) is 0 Å². The average Bonchev–Trinajstić information content (AvgIpc) is 2.06. The molecule has 0 amide bonds. The van der Waals surface area contributed by atoms with Crippen LogP contribution in [0.15, 0.2) is 34.1 Å². The lowest BCUT2D eigenvalue weighted by Crippen LogP contribution is -1.84. The van der Waals surface area contributed by atoms with Crippen molar-refractivity contribution in [2.45, 2.75) is 32.8 Å². The molecule has 0 aliphatic heterocycles. The van der Waals surface area contributed by atoms with Gasteiger partial charge in [0, 0.05) is 19.0 Å². The van der Waals surface area contributed by atoms with Crippen LogP contribution in [0.3, 0.4) is 0 Å². The molecule has 2 unspecified atom stereocenters. The Bertz CT molecular complexity index is 237. The molecule has 78 valence electrons. The summed E-state index contributed by atoms with van der Waals surface area (Å²) >= 11 is 12.2. The van der Waals surface area contributed by atoms with E-state index in [9.17, 15) is 0 Å². The van der Waals surface area contributed by atoms with Crippen molar-refractivity contribution in [2.24, 2.45) is 0 Å². The fourth-order valence-corrected chi connectivity index (χ4v) is 3.10. The van der Waals surface area contributed by atoms with Crippen molar-refractivity contribution >= 4 is 48.8 Å². The first-order valence-electron chi connectivity index (χ1n) is 4.37. The summed E-state index contributed by atoms with van der Waals surface area (Å²) in [6, 6.07) is 8.54. The van der Waals surface area contributed by atoms with Gasteiger partial charge in [-0.15, -0.1) is 23.5 Å². The Balaban J connectivity index is 2.59. The van der Waals surface area contributed by atoms with Crippen LogP contribution in [0.1, 0.15) is 13.8 Å². The van der Waals surface area contributed by atoms with E-state index in [1.165, 1.54) is 9.79 Å². The molecule has 0 fully saturated rings. The number of rotatable bonds is 4. The van der Waals surface area contributed by atoms with Crippen LogP contribution in [0.5, 0.6) is 0 Å². The van der Waals surface area contributed by atoms with Crippen molar-refractivity contribution in [3.05, 3.63) is 24.3 Å². The molecule has 0 nitrogen and oxygen atoms in total. The average molecular weight is 262 g/mol. The summed E-state index contributed by atoms with van der Waals surface area (Å²) in [6.45, 7) is 4.15. The second-order valence-electron chi connectivity index (χ2n) is 2.91. The minimum atomic E-state index is 0.345. The molecule has 1 aromatic carbocycles. The van der Waals surface area contributed by atoms with E-state index in [4.69, 9.17) is 0 Å². The number of benzene rings is 1. The van der Waals surface area contributed by atoms with E-state index in [1.54, 1.807) is 23.5 Å². The van der Waals surface area contributed by atoms with Crippen LogP contribution in [-0.4, -0.2) is 9.16 Å². The highest BCUT2D eigenvalue weighted by Crippen LogP contribution is 2.29. The van der Waals surface area contributed by atoms with Gasteiger partial charge in [0.1, 0.15) is 0 Å². The SMILES string of the molecule is CC(S)Sc1ccc(SC(C)S)cc1. The van der Waals surface area contributed by atoms with Crippen LogP contribution in [0, 0.1) is 0 Å². The minimum Gasteiger partial charge on any atom is -0.165 e. The standard InChI is InChI=1S/C10H14S4/c1-7(11)13-9-3-5-10(6-4-9)14-8(2)12/h3-8,11-12H,1-2H3. The van der Waals surface area contributed by atoms with Crippen LogP contribution in [0.2, 0.25) is 0 Å².